The highest BCUT2D eigenvalue weighted by atomic mass is 19.4. The molecule has 0 radical (unpaired) electrons. The summed E-state index contributed by atoms with van der Waals surface area (Å²) in [7, 11) is 0. The third-order valence-electron chi connectivity index (χ3n) is 5.22. The van der Waals surface area contributed by atoms with E-state index in [1.165, 1.54) is 23.4 Å². The minimum atomic E-state index is -4.45. The minimum Gasteiger partial charge on any atom is -0.383 e. The van der Waals surface area contributed by atoms with Crippen LogP contribution >= 0.6 is 0 Å². The summed E-state index contributed by atoms with van der Waals surface area (Å²) < 4.78 is 40.8. The van der Waals surface area contributed by atoms with Gasteiger partial charge in [-0.25, -0.2) is 0 Å². The number of fused-ring (bicyclic) bond motifs is 1. The van der Waals surface area contributed by atoms with Gasteiger partial charge in [0.1, 0.15) is 23.2 Å². The number of nitrogens with one attached hydrogen (secondary N) is 1. The number of anilines is 1. The third-order valence-corrected chi connectivity index (χ3v) is 5.22. The molecule has 1 aromatic heterocycles. The molecule has 30 heavy (non-hydrogen) atoms. The van der Waals surface area contributed by atoms with E-state index in [1.807, 2.05) is 6.07 Å². The van der Waals surface area contributed by atoms with Crippen molar-refractivity contribution in [3.8, 4) is 6.07 Å². The number of carbonyl (C=O) groups excluding carboxylic acids is 1. The van der Waals surface area contributed by atoms with Crippen LogP contribution in [0.3, 0.4) is 0 Å². The molecule has 160 valence electrons. The van der Waals surface area contributed by atoms with Gasteiger partial charge in [-0.05, 0) is 24.5 Å². The number of alkyl halides is 3. The molecular weight excluding hydrogens is 399 g/mol. The first-order valence-corrected chi connectivity index (χ1v) is 9.55. The molecule has 0 spiro atoms. The molecule has 10 heteroatoms. The molecule has 1 saturated heterocycles. The van der Waals surface area contributed by atoms with Crippen molar-refractivity contribution < 1.29 is 23.1 Å². The Hall–Kier alpha value is -2.93. The normalized spacial score (nSPS) is 20.8. The van der Waals surface area contributed by atoms with Crippen LogP contribution in [0.2, 0.25) is 0 Å². The van der Waals surface area contributed by atoms with Crippen LogP contribution in [0, 0.1) is 23.2 Å². The van der Waals surface area contributed by atoms with Crippen LogP contribution in [0.25, 0.3) is 11.0 Å². The second kappa shape index (κ2) is 8.44. The number of halogens is 3. The van der Waals surface area contributed by atoms with Crippen LogP contribution in [0.5, 0.6) is 0 Å². The maximum absolute atomic E-state index is 13.6. The molecule has 0 bridgehead atoms. The van der Waals surface area contributed by atoms with Gasteiger partial charge >= 0.3 is 6.18 Å². The monoisotopic (exact) mass is 421 g/mol. The number of carbonyl (C=O) groups is 1. The van der Waals surface area contributed by atoms with Crippen molar-refractivity contribution in [3.63, 3.8) is 0 Å². The van der Waals surface area contributed by atoms with Crippen molar-refractivity contribution in [2.45, 2.75) is 38.6 Å². The van der Waals surface area contributed by atoms with E-state index < -0.39 is 30.1 Å². The Bertz CT molecular complexity index is 973. The second-order valence-electron chi connectivity index (χ2n) is 7.77. The summed E-state index contributed by atoms with van der Waals surface area (Å²) in [6.45, 7) is 3.11. The molecule has 2 aromatic rings. The second-order valence-corrected chi connectivity index (χ2v) is 7.77. The Labute approximate surface area is 171 Å². The van der Waals surface area contributed by atoms with Crippen molar-refractivity contribution in [2.75, 3.05) is 18.0 Å². The van der Waals surface area contributed by atoms with Gasteiger partial charge in [-0.15, -0.1) is 0 Å². The van der Waals surface area contributed by atoms with Crippen molar-refractivity contribution >= 4 is 22.6 Å². The maximum atomic E-state index is 13.6. The average molecular weight is 421 g/mol. The molecule has 1 aliphatic rings. The number of nitriles is 1. The fourth-order valence-corrected chi connectivity index (χ4v) is 3.61. The van der Waals surface area contributed by atoms with E-state index in [0.29, 0.717) is 16.7 Å². The summed E-state index contributed by atoms with van der Waals surface area (Å²) in [4.78, 5) is 22.1. The Kier molecular flexibility index (Phi) is 6.12. The summed E-state index contributed by atoms with van der Waals surface area (Å²) in [5, 5.41) is 21.8. The highest BCUT2D eigenvalue weighted by molar-refractivity contribution is 5.92. The predicted octanol–water partition coefficient (Wildman–Crippen LogP) is 2.39. The highest BCUT2D eigenvalue weighted by Gasteiger charge is 2.45. The first-order valence-electron chi connectivity index (χ1n) is 9.55. The number of rotatable bonds is 4. The van der Waals surface area contributed by atoms with Gasteiger partial charge in [-0.2, -0.15) is 18.4 Å². The standard InChI is InChI=1S/C20H22F3N5O2/c1-11(2)18(29)19(30)27-14-7-13(20(21,22)23)9-28(10-14)15-4-3-12(8-24)16-17(15)26-6-5-25-16/h3-6,11,13-14,18,29H,7,9-10H2,1-2H3,(H,27,30)/t13-,14+,18+/m1/s1. The van der Waals surface area contributed by atoms with Crippen LogP contribution < -0.4 is 10.2 Å². The number of hydrogen-bond acceptors (Lipinski definition) is 6. The van der Waals surface area contributed by atoms with Gasteiger partial charge in [0, 0.05) is 31.5 Å². The summed E-state index contributed by atoms with van der Waals surface area (Å²) in [6, 6.07) is 4.25. The SMILES string of the molecule is CC(C)[C@H](O)C(=O)N[C@H]1C[C@@H](C(F)(F)F)CN(c2ccc(C#N)c3nccnc23)C1. The highest BCUT2D eigenvalue weighted by Crippen LogP contribution is 2.37. The Morgan fingerprint density at radius 2 is 1.93 bits per heavy atom. The molecule has 0 aliphatic carbocycles. The number of nitrogens with zero attached hydrogens (tertiary/aromatic N) is 4. The predicted molar refractivity (Wildman–Crippen MR) is 103 cm³/mol. The quantitative estimate of drug-likeness (QED) is 0.786. The van der Waals surface area contributed by atoms with Crippen molar-refractivity contribution in [1.29, 1.82) is 5.26 Å². The van der Waals surface area contributed by atoms with Crippen LogP contribution in [0.1, 0.15) is 25.8 Å². The largest absolute Gasteiger partial charge is 0.393 e. The summed E-state index contributed by atoms with van der Waals surface area (Å²) in [5.41, 5.74) is 1.32. The van der Waals surface area contributed by atoms with Crippen molar-refractivity contribution in [1.82, 2.24) is 15.3 Å². The number of benzene rings is 1. The summed E-state index contributed by atoms with van der Waals surface area (Å²) >= 11 is 0. The average Bonchev–Trinajstić information content (AvgIpc) is 2.71. The maximum Gasteiger partial charge on any atom is 0.393 e. The van der Waals surface area contributed by atoms with E-state index in [-0.39, 0.29) is 31.0 Å². The number of piperidine rings is 1. The van der Waals surface area contributed by atoms with Gasteiger partial charge in [0.15, 0.2) is 0 Å². The van der Waals surface area contributed by atoms with E-state index in [4.69, 9.17) is 0 Å². The zero-order valence-corrected chi connectivity index (χ0v) is 16.5. The summed E-state index contributed by atoms with van der Waals surface area (Å²) in [5.74, 6) is -2.72. The Morgan fingerprint density at radius 3 is 2.53 bits per heavy atom. The molecule has 2 heterocycles. The van der Waals surface area contributed by atoms with Crippen LogP contribution in [0.4, 0.5) is 18.9 Å². The molecule has 1 aromatic carbocycles. The van der Waals surface area contributed by atoms with Crippen molar-refractivity contribution in [3.05, 3.63) is 30.1 Å². The molecule has 0 saturated carbocycles. The number of amides is 1. The first kappa shape index (κ1) is 21.8. The summed E-state index contributed by atoms with van der Waals surface area (Å²) in [6.07, 6.45) is -3.21. The number of aliphatic hydroxyl groups excluding tert-OH is 1. The molecule has 1 fully saturated rings. The zero-order chi connectivity index (χ0) is 22.1. The lowest BCUT2D eigenvalue weighted by Crippen LogP contribution is -2.55. The lowest BCUT2D eigenvalue weighted by Gasteiger charge is -2.40. The first-order chi connectivity index (χ1) is 14.1. The molecule has 1 amide bonds. The van der Waals surface area contributed by atoms with E-state index in [9.17, 15) is 28.3 Å². The van der Waals surface area contributed by atoms with Crippen LogP contribution in [-0.2, 0) is 4.79 Å². The van der Waals surface area contributed by atoms with E-state index in [2.05, 4.69) is 15.3 Å². The minimum absolute atomic E-state index is 0.112. The molecule has 3 rings (SSSR count). The van der Waals surface area contributed by atoms with Gasteiger partial charge in [0.25, 0.3) is 0 Å². The van der Waals surface area contributed by atoms with Gasteiger partial charge in [0.2, 0.25) is 5.91 Å². The van der Waals surface area contributed by atoms with E-state index in [0.717, 1.165) is 0 Å². The van der Waals surface area contributed by atoms with Gasteiger partial charge in [-0.1, -0.05) is 13.8 Å². The fourth-order valence-electron chi connectivity index (χ4n) is 3.61. The lowest BCUT2D eigenvalue weighted by molar-refractivity contribution is -0.178. The van der Waals surface area contributed by atoms with Crippen molar-refractivity contribution in [2.24, 2.45) is 11.8 Å². The van der Waals surface area contributed by atoms with Crippen LogP contribution in [0.15, 0.2) is 24.5 Å². The van der Waals surface area contributed by atoms with E-state index in [1.54, 1.807) is 19.9 Å². The van der Waals surface area contributed by atoms with Gasteiger partial charge in [0.05, 0.1) is 17.2 Å². The molecule has 3 atom stereocenters. The third kappa shape index (κ3) is 4.46. The lowest BCUT2D eigenvalue weighted by atomic mass is 9.92. The van der Waals surface area contributed by atoms with E-state index >= 15 is 0 Å². The topological polar surface area (TPSA) is 102 Å². The molecule has 2 N–H and O–H groups in total. The molecule has 0 unspecified atom stereocenters. The molecular formula is C20H22F3N5O2. The zero-order valence-electron chi connectivity index (χ0n) is 16.5. The number of aliphatic hydroxyl groups is 1. The smallest absolute Gasteiger partial charge is 0.383 e. The molecule has 1 aliphatic heterocycles. The fraction of sp³-hybridized carbons (Fsp3) is 0.500. The van der Waals surface area contributed by atoms with Crippen LogP contribution in [-0.4, -0.2) is 52.4 Å². The Balaban J connectivity index is 1.95. The number of hydrogen-bond donors (Lipinski definition) is 2. The number of aromatic nitrogens is 2. The molecule has 7 nitrogen and oxygen atoms in total. The van der Waals surface area contributed by atoms with Gasteiger partial charge in [-0.3, -0.25) is 14.8 Å². The van der Waals surface area contributed by atoms with Gasteiger partial charge < -0.3 is 15.3 Å². The Morgan fingerprint density at radius 1 is 1.27 bits per heavy atom.